The largest absolute Gasteiger partial charge is 0.361 e. The Hall–Kier alpha value is -1.86. The van der Waals surface area contributed by atoms with Gasteiger partial charge in [-0.15, -0.1) is 0 Å². The van der Waals surface area contributed by atoms with Gasteiger partial charge in [-0.2, -0.15) is 0 Å². The van der Waals surface area contributed by atoms with Crippen LogP contribution in [0.3, 0.4) is 0 Å². The molecule has 0 amide bonds. The molecule has 1 aliphatic heterocycles. The van der Waals surface area contributed by atoms with Crippen LogP contribution in [-0.2, 0) is 34.9 Å². The Kier molecular flexibility index (Phi) is 4.64. The van der Waals surface area contributed by atoms with Gasteiger partial charge in [-0.3, -0.25) is 9.62 Å². The Morgan fingerprint density at radius 3 is 2.72 bits per heavy atom. The highest BCUT2D eigenvalue weighted by molar-refractivity contribution is 7.92. The van der Waals surface area contributed by atoms with Crippen LogP contribution in [0.5, 0.6) is 0 Å². The highest BCUT2D eigenvalue weighted by Crippen LogP contribution is 2.28. The topological polar surface area (TPSA) is 75.4 Å². The molecule has 0 atom stereocenters. The summed E-state index contributed by atoms with van der Waals surface area (Å²) in [6.07, 6.45) is 1.98. The first-order chi connectivity index (χ1) is 11.6. The highest BCUT2D eigenvalue weighted by Gasteiger charge is 2.23. The molecule has 1 aliphatic rings. The smallest absolute Gasteiger partial charge is 0.229 e. The van der Waals surface area contributed by atoms with Gasteiger partial charge in [0, 0.05) is 31.1 Å². The van der Waals surface area contributed by atoms with Crippen LogP contribution in [0, 0.1) is 0 Å². The number of aromatic nitrogens is 1. The van der Waals surface area contributed by atoms with Gasteiger partial charge >= 0.3 is 0 Å². The quantitative estimate of drug-likeness (QED) is 0.904. The van der Waals surface area contributed by atoms with Gasteiger partial charge < -0.3 is 4.52 Å². The van der Waals surface area contributed by atoms with Crippen molar-refractivity contribution in [2.75, 3.05) is 17.5 Å². The average Bonchev–Trinajstić information content (AvgIpc) is 2.94. The summed E-state index contributed by atoms with van der Waals surface area (Å²) < 4.78 is 31.2. The van der Waals surface area contributed by atoms with E-state index in [-0.39, 0.29) is 5.41 Å². The van der Waals surface area contributed by atoms with Crippen LogP contribution in [0.1, 0.15) is 43.4 Å². The van der Waals surface area contributed by atoms with E-state index in [2.05, 4.69) is 41.6 Å². The lowest BCUT2D eigenvalue weighted by atomic mass is 9.93. The van der Waals surface area contributed by atoms with E-state index < -0.39 is 10.0 Å². The van der Waals surface area contributed by atoms with Crippen molar-refractivity contribution in [3.8, 4) is 0 Å². The Morgan fingerprint density at radius 2 is 2.08 bits per heavy atom. The first-order valence-electron chi connectivity index (χ1n) is 8.39. The maximum absolute atomic E-state index is 11.5. The summed E-state index contributed by atoms with van der Waals surface area (Å²) in [6.45, 7) is 8.66. The lowest BCUT2D eigenvalue weighted by molar-refractivity contribution is 0.236. The number of anilines is 1. The van der Waals surface area contributed by atoms with E-state index in [0.29, 0.717) is 5.69 Å². The second-order valence-corrected chi connectivity index (χ2v) is 9.46. The molecule has 136 valence electrons. The average molecular weight is 363 g/mol. The van der Waals surface area contributed by atoms with Crippen molar-refractivity contribution >= 4 is 15.7 Å². The predicted octanol–water partition coefficient (Wildman–Crippen LogP) is 2.90. The van der Waals surface area contributed by atoms with E-state index in [1.165, 1.54) is 6.26 Å². The van der Waals surface area contributed by atoms with Crippen molar-refractivity contribution in [3.05, 3.63) is 46.8 Å². The van der Waals surface area contributed by atoms with E-state index in [9.17, 15) is 8.42 Å². The Balaban J connectivity index is 1.74. The number of hydrogen-bond donors (Lipinski definition) is 1. The van der Waals surface area contributed by atoms with Gasteiger partial charge in [-0.25, -0.2) is 8.42 Å². The molecule has 0 saturated carbocycles. The van der Waals surface area contributed by atoms with Gasteiger partial charge in [-0.05, 0) is 23.6 Å². The van der Waals surface area contributed by atoms with Crippen LogP contribution in [-0.4, -0.2) is 31.3 Å². The van der Waals surface area contributed by atoms with Crippen molar-refractivity contribution < 1.29 is 12.9 Å². The maximum Gasteiger partial charge on any atom is 0.229 e. The molecule has 0 fully saturated rings. The van der Waals surface area contributed by atoms with Crippen LogP contribution < -0.4 is 4.72 Å². The minimum Gasteiger partial charge on any atom is -0.361 e. The fourth-order valence-corrected chi connectivity index (χ4v) is 3.66. The van der Waals surface area contributed by atoms with E-state index in [0.717, 1.165) is 48.6 Å². The summed E-state index contributed by atoms with van der Waals surface area (Å²) in [5, 5.41) is 4.19. The Bertz CT molecular complexity index is 866. The minimum atomic E-state index is -3.27. The molecule has 0 spiro atoms. The van der Waals surface area contributed by atoms with Crippen molar-refractivity contribution in [1.29, 1.82) is 0 Å². The number of fused-ring (bicyclic) bond motifs is 1. The Morgan fingerprint density at radius 1 is 1.32 bits per heavy atom. The molecule has 0 radical (unpaired) electrons. The summed E-state index contributed by atoms with van der Waals surface area (Å²) in [5.74, 6) is 0.888. The SMILES string of the molecule is CC(C)(C)c1cc(CN2CCc3c(cccc3NS(C)(=O)=O)C2)no1. The molecule has 2 aromatic rings. The molecule has 3 rings (SSSR count). The zero-order valence-corrected chi connectivity index (χ0v) is 16.0. The molecule has 2 heterocycles. The van der Waals surface area contributed by atoms with Gasteiger partial charge in [0.15, 0.2) is 0 Å². The van der Waals surface area contributed by atoms with Crippen LogP contribution in [0.15, 0.2) is 28.8 Å². The molecular formula is C18H25N3O3S. The normalized spacial score (nSPS) is 15.8. The number of nitrogens with zero attached hydrogens (tertiary/aromatic N) is 2. The number of hydrogen-bond acceptors (Lipinski definition) is 5. The minimum absolute atomic E-state index is 0.0496. The van der Waals surface area contributed by atoms with Crippen molar-refractivity contribution in [3.63, 3.8) is 0 Å². The van der Waals surface area contributed by atoms with E-state index in [1.807, 2.05) is 18.2 Å². The highest BCUT2D eigenvalue weighted by atomic mass is 32.2. The first-order valence-corrected chi connectivity index (χ1v) is 10.3. The Labute approximate surface area is 149 Å². The number of rotatable bonds is 4. The van der Waals surface area contributed by atoms with Gasteiger partial charge in [-0.1, -0.05) is 38.1 Å². The lowest BCUT2D eigenvalue weighted by Crippen LogP contribution is -2.31. The van der Waals surface area contributed by atoms with Gasteiger partial charge in [0.05, 0.1) is 17.6 Å². The molecule has 1 aromatic carbocycles. The summed E-state index contributed by atoms with van der Waals surface area (Å²) in [4.78, 5) is 2.30. The molecule has 0 bridgehead atoms. The van der Waals surface area contributed by atoms with E-state index in [4.69, 9.17) is 4.52 Å². The van der Waals surface area contributed by atoms with Crippen LogP contribution in [0.2, 0.25) is 0 Å². The third-order valence-electron chi connectivity index (χ3n) is 4.32. The summed E-state index contributed by atoms with van der Waals surface area (Å²) in [7, 11) is -3.27. The summed E-state index contributed by atoms with van der Waals surface area (Å²) in [6, 6.07) is 7.79. The van der Waals surface area contributed by atoms with Crippen molar-refractivity contribution in [1.82, 2.24) is 10.1 Å². The maximum atomic E-state index is 11.5. The number of sulfonamides is 1. The van der Waals surface area contributed by atoms with Crippen LogP contribution in [0.25, 0.3) is 0 Å². The second-order valence-electron chi connectivity index (χ2n) is 7.71. The van der Waals surface area contributed by atoms with Gasteiger partial charge in [0.25, 0.3) is 0 Å². The zero-order chi connectivity index (χ0) is 18.2. The van der Waals surface area contributed by atoms with Gasteiger partial charge in [0.1, 0.15) is 5.76 Å². The summed E-state index contributed by atoms with van der Waals surface area (Å²) in [5.41, 5.74) is 3.81. The molecule has 6 nitrogen and oxygen atoms in total. The number of nitrogens with one attached hydrogen (secondary N) is 1. The first kappa shape index (κ1) is 17.9. The molecule has 25 heavy (non-hydrogen) atoms. The van der Waals surface area contributed by atoms with Crippen molar-refractivity contribution in [2.45, 2.75) is 45.7 Å². The lowest BCUT2D eigenvalue weighted by Gasteiger charge is -2.29. The second kappa shape index (κ2) is 6.46. The standard InChI is InChI=1S/C18H25N3O3S/c1-18(2,3)17-10-14(19-24-17)12-21-9-8-15-13(11-21)6-5-7-16(15)20-25(4,22)23/h5-7,10,20H,8-9,11-12H2,1-4H3. The monoisotopic (exact) mass is 363 g/mol. The van der Waals surface area contributed by atoms with Crippen LogP contribution in [0.4, 0.5) is 5.69 Å². The predicted molar refractivity (Wildman–Crippen MR) is 97.9 cm³/mol. The molecule has 0 aliphatic carbocycles. The molecule has 0 unspecified atom stereocenters. The fraction of sp³-hybridized carbons (Fsp3) is 0.500. The fourth-order valence-electron chi connectivity index (χ4n) is 3.07. The third kappa shape index (κ3) is 4.41. The molecule has 1 aromatic heterocycles. The zero-order valence-electron chi connectivity index (χ0n) is 15.2. The van der Waals surface area contributed by atoms with Crippen molar-refractivity contribution in [2.24, 2.45) is 0 Å². The van der Waals surface area contributed by atoms with Gasteiger partial charge in [0.2, 0.25) is 10.0 Å². The van der Waals surface area contributed by atoms with E-state index in [1.54, 1.807) is 0 Å². The molecule has 0 saturated heterocycles. The molecular weight excluding hydrogens is 338 g/mol. The summed E-state index contributed by atoms with van der Waals surface area (Å²) >= 11 is 0. The number of benzene rings is 1. The van der Waals surface area contributed by atoms with Crippen LogP contribution >= 0.6 is 0 Å². The van der Waals surface area contributed by atoms with E-state index >= 15 is 0 Å². The molecule has 1 N–H and O–H groups in total. The molecule has 7 heteroatoms. The third-order valence-corrected chi connectivity index (χ3v) is 4.91.